The van der Waals surface area contributed by atoms with Crippen molar-refractivity contribution >= 4 is 23.2 Å². The van der Waals surface area contributed by atoms with E-state index in [0.29, 0.717) is 56.6 Å². The lowest BCUT2D eigenvalue weighted by Crippen LogP contribution is -2.48. The number of piperidine rings is 1. The predicted molar refractivity (Wildman–Crippen MR) is 114 cm³/mol. The molecule has 0 radical (unpaired) electrons. The van der Waals surface area contributed by atoms with Gasteiger partial charge in [0.1, 0.15) is 5.69 Å². The SMILES string of the molecule is CC(=O)N1CCN(c2ccc(C(=O)N3CCC(n4ccnc4)CC3)cc2[N+](=O)[O-])CC1. The summed E-state index contributed by atoms with van der Waals surface area (Å²) in [6.45, 7) is 4.83. The molecule has 2 amide bonds. The first kappa shape index (κ1) is 20.8. The molecule has 10 nitrogen and oxygen atoms in total. The smallest absolute Gasteiger partial charge is 0.293 e. The van der Waals surface area contributed by atoms with E-state index in [1.807, 2.05) is 11.1 Å². The van der Waals surface area contributed by atoms with Gasteiger partial charge in [0.2, 0.25) is 5.91 Å². The van der Waals surface area contributed by atoms with Crippen LogP contribution in [0, 0.1) is 10.1 Å². The number of likely N-dealkylation sites (tertiary alicyclic amines) is 1. The van der Waals surface area contributed by atoms with E-state index < -0.39 is 4.92 Å². The van der Waals surface area contributed by atoms with Gasteiger partial charge in [0.25, 0.3) is 11.6 Å². The van der Waals surface area contributed by atoms with Crippen LogP contribution in [0.15, 0.2) is 36.9 Å². The number of carbonyl (C=O) groups is 2. The molecule has 0 spiro atoms. The van der Waals surface area contributed by atoms with Crippen molar-refractivity contribution in [2.75, 3.05) is 44.2 Å². The Kier molecular flexibility index (Phi) is 5.88. The molecular formula is C21H26N6O4. The predicted octanol–water partition coefficient (Wildman–Crippen LogP) is 1.94. The highest BCUT2D eigenvalue weighted by molar-refractivity contribution is 5.96. The number of hydrogen-bond donors (Lipinski definition) is 0. The van der Waals surface area contributed by atoms with Gasteiger partial charge in [0.05, 0.1) is 11.3 Å². The fourth-order valence-electron chi connectivity index (χ4n) is 4.37. The van der Waals surface area contributed by atoms with Crippen molar-refractivity contribution in [3.05, 3.63) is 52.6 Å². The number of hydrogen-bond acceptors (Lipinski definition) is 6. The van der Waals surface area contributed by atoms with E-state index in [9.17, 15) is 19.7 Å². The molecule has 2 saturated heterocycles. The summed E-state index contributed by atoms with van der Waals surface area (Å²) < 4.78 is 2.06. The van der Waals surface area contributed by atoms with Crippen molar-refractivity contribution in [2.24, 2.45) is 0 Å². The summed E-state index contributed by atoms with van der Waals surface area (Å²) in [5.41, 5.74) is 0.748. The van der Waals surface area contributed by atoms with E-state index in [1.54, 1.807) is 34.5 Å². The quantitative estimate of drug-likeness (QED) is 0.547. The van der Waals surface area contributed by atoms with Crippen molar-refractivity contribution in [1.29, 1.82) is 0 Å². The number of piperazine rings is 1. The Hall–Kier alpha value is -3.43. The van der Waals surface area contributed by atoms with Gasteiger partial charge in [0, 0.05) is 76.3 Å². The van der Waals surface area contributed by atoms with Crippen LogP contribution in [0.5, 0.6) is 0 Å². The van der Waals surface area contributed by atoms with Gasteiger partial charge in [-0.05, 0) is 25.0 Å². The Labute approximate surface area is 180 Å². The second-order valence-corrected chi connectivity index (χ2v) is 7.99. The Morgan fingerprint density at radius 2 is 1.77 bits per heavy atom. The molecule has 0 aliphatic carbocycles. The van der Waals surface area contributed by atoms with Gasteiger partial charge in [-0.2, -0.15) is 0 Å². The molecule has 164 valence electrons. The van der Waals surface area contributed by atoms with Crippen LogP contribution in [0.1, 0.15) is 36.2 Å². The highest BCUT2D eigenvalue weighted by Gasteiger charge is 2.28. The first-order valence-electron chi connectivity index (χ1n) is 10.5. The minimum atomic E-state index is -0.436. The number of nitro benzene ring substituents is 1. The minimum absolute atomic E-state index is 0.00639. The molecule has 1 aromatic heterocycles. The topological polar surface area (TPSA) is 105 Å². The lowest BCUT2D eigenvalue weighted by Gasteiger charge is -2.35. The number of imidazole rings is 1. The van der Waals surface area contributed by atoms with Crippen LogP contribution in [-0.2, 0) is 4.79 Å². The maximum Gasteiger partial charge on any atom is 0.293 e. The number of nitro groups is 1. The zero-order chi connectivity index (χ0) is 22.0. The average molecular weight is 426 g/mol. The zero-order valence-corrected chi connectivity index (χ0v) is 17.5. The van der Waals surface area contributed by atoms with Crippen molar-refractivity contribution in [2.45, 2.75) is 25.8 Å². The fourth-order valence-corrected chi connectivity index (χ4v) is 4.37. The summed E-state index contributed by atoms with van der Waals surface area (Å²) in [5.74, 6) is -0.174. The molecule has 2 aliphatic heterocycles. The number of rotatable bonds is 4. The van der Waals surface area contributed by atoms with Gasteiger partial charge in [-0.25, -0.2) is 4.98 Å². The molecule has 0 saturated carbocycles. The van der Waals surface area contributed by atoms with Crippen molar-refractivity contribution in [1.82, 2.24) is 19.4 Å². The van der Waals surface area contributed by atoms with Crippen LogP contribution in [0.3, 0.4) is 0 Å². The molecule has 0 N–H and O–H groups in total. The summed E-state index contributed by atoms with van der Waals surface area (Å²) in [5, 5.41) is 11.7. The third-order valence-corrected chi connectivity index (χ3v) is 6.18. The highest BCUT2D eigenvalue weighted by atomic mass is 16.6. The minimum Gasteiger partial charge on any atom is -0.362 e. The van der Waals surface area contributed by atoms with Gasteiger partial charge < -0.3 is 19.3 Å². The summed E-state index contributed by atoms with van der Waals surface area (Å²) in [6, 6.07) is 5.03. The van der Waals surface area contributed by atoms with E-state index in [2.05, 4.69) is 9.55 Å². The van der Waals surface area contributed by atoms with Gasteiger partial charge in [-0.3, -0.25) is 19.7 Å². The van der Waals surface area contributed by atoms with Crippen LogP contribution < -0.4 is 4.90 Å². The molecule has 0 atom stereocenters. The molecule has 0 bridgehead atoms. The summed E-state index contributed by atoms with van der Waals surface area (Å²) in [6.07, 6.45) is 7.12. The molecule has 4 rings (SSSR count). The Bertz CT molecular complexity index is 960. The first-order chi connectivity index (χ1) is 14.9. The van der Waals surface area contributed by atoms with Crippen molar-refractivity contribution in [3.63, 3.8) is 0 Å². The third-order valence-electron chi connectivity index (χ3n) is 6.18. The molecule has 2 aromatic rings. The lowest BCUT2D eigenvalue weighted by molar-refractivity contribution is -0.384. The number of benzene rings is 1. The van der Waals surface area contributed by atoms with Crippen molar-refractivity contribution < 1.29 is 14.5 Å². The standard InChI is InChI=1S/C21H26N6O4/c1-16(28)23-10-12-24(13-11-23)19-3-2-17(14-20(19)27(30)31)21(29)25-7-4-18(5-8-25)26-9-6-22-15-26/h2-3,6,9,14-15,18H,4-5,7-8,10-13H2,1H3. The Morgan fingerprint density at radius 3 is 2.35 bits per heavy atom. The van der Waals surface area contributed by atoms with E-state index >= 15 is 0 Å². The van der Waals surface area contributed by atoms with Crippen LogP contribution in [0.2, 0.25) is 0 Å². The second kappa shape index (κ2) is 8.75. The monoisotopic (exact) mass is 426 g/mol. The maximum absolute atomic E-state index is 13.0. The largest absolute Gasteiger partial charge is 0.362 e. The first-order valence-corrected chi connectivity index (χ1v) is 10.5. The summed E-state index contributed by atoms with van der Waals surface area (Å²) >= 11 is 0. The summed E-state index contributed by atoms with van der Waals surface area (Å²) in [4.78, 5) is 45.3. The molecule has 0 unspecified atom stereocenters. The molecule has 3 heterocycles. The zero-order valence-electron chi connectivity index (χ0n) is 17.5. The van der Waals surface area contributed by atoms with Crippen LogP contribution in [-0.4, -0.2) is 75.4 Å². The maximum atomic E-state index is 13.0. The van der Waals surface area contributed by atoms with E-state index in [0.717, 1.165) is 12.8 Å². The lowest BCUT2D eigenvalue weighted by atomic mass is 10.0. The van der Waals surface area contributed by atoms with Crippen LogP contribution >= 0.6 is 0 Å². The highest BCUT2D eigenvalue weighted by Crippen LogP contribution is 2.31. The number of carbonyl (C=O) groups excluding carboxylic acids is 2. The van der Waals surface area contributed by atoms with Crippen LogP contribution in [0.4, 0.5) is 11.4 Å². The van der Waals surface area contributed by atoms with E-state index in [4.69, 9.17) is 0 Å². The van der Waals surface area contributed by atoms with Crippen LogP contribution in [0.25, 0.3) is 0 Å². The number of nitrogens with zero attached hydrogens (tertiary/aromatic N) is 6. The second-order valence-electron chi connectivity index (χ2n) is 7.99. The Morgan fingerprint density at radius 1 is 1.06 bits per heavy atom. The third kappa shape index (κ3) is 4.37. The molecule has 31 heavy (non-hydrogen) atoms. The van der Waals surface area contributed by atoms with E-state index in [1.165, 1.54) is 13.0 Å². The number of anilines is 1. The number of aromatic nitrogens is 2. The van der Waals surface area contributed by atoms with Gasteiger partial charge in [0.15, 0.2) is 0 Å². The average Bonchev–Trinajstić information content (AvgIpc) is 3.33. The van der Waals surface area contributed by atoms with Gasteiger partial charge >= 0.3 is 0 Å². The molecular weight excluding hydrogens is 400 g/mol. The Balaban J connectivity index is 1.46. The molecule has 10 heteroatoms. The molecule has 2 aliphatic rings. The number of amides is 2. The normalized spacial score (nSPS) is 17.6. The van der Waals surface area contributed by atoms with Gasteiger partial charge in [-0.1, -0.05) is 0 Å². The van der Waals surface area contributed by atoms with E-state index in [-0.39, 0.29) is 17.5 Å². The van der Waals surface area contributed by atoms with Gasteiger partial charge in [-0.15, -0.1) is 0 Å². The summed E-state index contributed by atoms with van der Waals surface area (Å²) in [7, 11) is 0. The fraction of sp³-hybridized carbons (Fsp3) is 0.476. The molecule has 1 aromatic carbocycles. The molecule has 2 fully saturated rings. The van der Waals surface area contributed by atoms with Crippen molar-refractivity contribution in [3.8, 4) is 0 Å².